The van der Waals surface area contributed by atoms with Crippen LogP contribution >= 0.6 is 0 Å². The summed E-state index contributed by atoms with van der Waals surface area (Å²) in [5.41, 5.74) is 3.04. The summed E-state index contributed by atoms with van der Waals surface area (Å²) in [5.74, 6) is -0.112. The largest absolute Gasteiger partial charge is 0.396 e. The molecule has 1 aliphatic rings. The SMILES string of the molecule is Cn1c2c(c3ccccc31)C(=O)C(CO)CC2. The topological polar surface area (TPSA) is 42.2 Å². The molecule has 0 radical (unpaired) electrons. The van der Waals surface area contributed by atoms with E-state index in [9.17, 15) is 9.90 Å². The quantitative estimate of drug-likeness (QED) is 0.811. The molecular weight excluding hydrogens is 214 g/mol. The molecule has 3 heteroatoms. The number of hydrogen-bond donors (Lipinski definition) is 1. The highest BCUT2D eigenvalue weighted by molar-refractivity contribution is 6.11. The van der Waals surface area contributed by atoms with Crippen LogP contribution < -0.4 is 0 Å². The van der Waals surface area contributed by atoms with Gasteiger partial charge in [-0.05, 0) is 18.9 Å². The number of carbonyl (C=O) groups is 1. The Kier molecular flexibility index (Phi) is 2.30. The van der Waals surface area contributed by atoms with Crippen molar-refractivity contribution in [1.82, 2.24) is 4.57 Å². The molecule has 0 bridgehead atoms. The number of nitrogens with zero attached hydrogens (tertiary/aromatic N) is 1. The van der Waals surface area contributed by atoms with Gasteiger partial charge in [-0.2, -0.15) is 0 Å². The minimum Gasteiger partial charge on any atom is -0.396 e. The molecule has 0 aliphatic heterocycles. The first-order chi connectivity index (χ1) is 8.24. The van der Waals surface area contributed by atoms with Gasteiger partial charge in [-0.1, -0.05) is 18.2 Å². The van der Waals surface area contributed by atoms with Crippen LogP contribution in [0.4, 0.5) is 0 Å². The summed E-state index contributed by atoms with van der Waals surface area (Å²) >= 11 is 0. The van der Waals surface area contributed by atoms with Gasteiger partial charge in [0.15, 0.2) is 5.78 Å². The highest BCUT2D eigenvalue weighted by atomic mass is 16.3. The smallest absolute Gasteiger partial charge is 0.170 e. The molecule has 0 saturated carbocycles. The molecular formula is C14H15NO2. The summed E-state index contributed by atoms with van der Waals surface area (Å²) in [4.78, 5) is 12.3. The average Bonchev–Trinajstić information content (AvgIpc) is 2.65. The molecule has 2 aromatic rings. The van der Waals surface area contributed by atoms with E-state index in [0.29, 0.717) is 0 Å². The van der Waals surface area contributed by atoms with E-state index in [1.807, 2.05) is 31.3 Å². The van der Waals surface area contributed by atoms with Crippen molar-refractivity contribution in [2.45, 2.75) is 12.8 Å². The van der Waals surface area contributed by atoms with Gasteiger partial charge >= 0.3 is 0 Å². The molecule has 88 valence electrons. The van der Waals surface area contributed by atoms with E-state index in [0.717, 1.165) is 35.0 Å². The average molecular weight is 229 g/mol. The molecule has 1 aliphatic carbocycles. The minimum absolute atomic E-state index is 0.0402. The summed E-state index contributed by atoms with van der Waals surface area (Å²) in [5, 5.41) is 10.3. The van der Waals surface area contributed by atoms with Crippen LogP contribution in [0.3, 0.4) is 0 Å². The van der Waals surface area contributed by atoms with Crippen LogP contribution in [-0.4, -0.2) is 22.1 Å². The standard InChI is InChI=1S/C14H15NO2/c1-15-11-5-3-2-4-10(11)13-12(15)7-6-9(8-16)14(13)17/h2-5,9,16H,6-8H2,1H3. The minimum atomic E-state index is -0.215. The van der Waals surface area contributed by atoms with Crippen LogP contribution in [0.2, 0.25) is 0 Å². The number of ketones is 1. The maximum absolute atomic E-state index is 12.3. The van der Waals surface area contributed by atoms with Gasteiger partial charge in [0.2, 0.25) is 0 Å². The Labute approximate surface area is 99.7 Å². The molecule has 17 heavy (non-hydrogen) atoms. The van der Waals surface area contributed by atoms with Crippen molar-refractivity contribution in [3.8, 4) is 0 Å². The molecule has 3 nitrogen and oxygen atoms in total. The molecule has 0 fully saturated rings. The zero-order valence-electron chi connectivity index (χ0n) is 9.81. The molecule has 1 aromatic carbocycles. The number of aryl methyl sites for hydroxylation is 1. The first-order valence-corrected chi connectivity index (χ1v) is 5.95. The lowest BCUT2D eigenvalue weighted by Gasteiger charge is -2.20. The fourth-order valence-electron chi connectivity index (χ4n) is 2.83. The molecule has 0 saturated heterocycles. The van der Waals surface area contributed by atoms with Crippen LogP contribution in [-0.2, 0) is 13.5 Å². The Balaban J connectivity index is 2.31. The first-order valence-electron chi connectivity index (χ1n) is 5.95. The van der Waals surface area contributed by atoms with Gasteiger partial charge in [-0.15, -0.1) is 0 Å². The Morgan fingerprint density at radius 1 is 1.41 bits per heavy atom. The van der Waals surface area contributed by atoms with Crippen molar-refractivity contribution in [3.05, 3.63) is 35.5 Å². The number of carbonyl (C=O) groups excluding carboxylic acids is 1. The van der Waals surface area contributed by atoms with E-state index in [4.69, 9.17) is 0 Å². The van der Waals surface area contributed by atoms with E-state index < -0.39 is 0 Å². The molecule has 1 heterocycles. The Bertz CT molecular complexity index is 598. The number of Topliss-reactive ketones (excluding diaryl/α,β-unsaturated/α-hetero) is 1. The Morgan fingerprint density at radius 2 is 2.18 bits per heavy atom. The second-order valence-electron chi connectivity index (χ2n) is 4.68. The lowest BCUT2D eigenvalue weighted by molar-refractivity contribution is 0.0838. The number of aliphatic hydroxyl groups is 1. The van der Waals surface area contributed by atoms with Gasteiger partial charge in [0, 0.05) is 35.1 Å². The van der Waals surface area contributed by atoms with Gasteiger partial charge in [0.1, 0.15) is 0 Å². The molecule has 1 unspecified atom stereocenters. The van der Waals surface area contributed by atoms with Crippen LogP contribution in [0.15, 0.2) is 24.3 Å². The third-order valence-corrected chi connectivity index (χ3v) is 3.80. The monoisotopic (exact) mass is 229 g/mol. The lowest BCUT2D eigenvalue weighted by atomic mass is 9.85. The molecule has 0 amide bonds. The number of fused-ring (bicyclic) bond motifs is 3. The lowest BCUT2D eigenvalue weighted by Crippen LogP contribution is -2.25. The number of rotatable bonds is 1. The predicted octanol–water partition coefficient (Wildman–Crippen LogP) is 1.92. The second kappa shape index (κ2) is 3.70. The van der Waals surface area contributed by atoms with Gasteiger partial charge in [0.05, 0.1) is 6.61 Å². The summed E-state index contributed by atoms with van der Waals surface area (Å²) in [6, 6.07) is 7.97. The van der Waals surface area contributed by atoms with E-state index in [1.54, 1.807) is 0 Å². The summed E-state index contributed by atoms with van der Waals surface area (Å²) in [7, 11) is 2.01. The van der Waals surface area contributed by atoms with E-state index in [1.165, 1.54) is 0 Å². The highest BCUT2D eigenvalue weighted by Crippen LogP contribution is 2.33. The zero-order chi connectivity index (χ0) is 12.0. The fraction of sp³-hybridized carbons (Fsp3) is 0.357. The Morgan fingerprint density at radius 3 is 2.94 bits per heavy atom. The van der Waals surface area contributed by atoms with Crippen molar-refractivity contribution in [2.75, 3.05) is 6.61 Å². The normalized spacial score (nSPS) is 19.6. The summed E-state index contributed by atoms with van der Waals surface area (Å²) in [6.45, 7) is -0.0402. The van der Waals surface area contributed by atoms with Gasteiger partial charge in [-0.25, -0.2) is 0 Å². The van der Waals surface area contributed by atoms with E-state index in [2.05, 4.69) is 4.57 Å². The number of aromatic nitrogens is 1. The molecule has 1 aromatic heterocycles. The second-order valence-corrected chi connectivity index (χ2v) is 4.68. The highest BCUT2D eigenvalue weighted by Gasteiger charge is 2.31. The number of aliphatic hydroxyl groups excluding tert-OH is 1. The van der Waals surface area contributed by atoms with E-state index in [-0.39, 0.29) is 18.3 Å². The van der Waals surface area contributed by atoms with Crippen LogP contribution in [0.5, 0.6) is 0 Å². The van der Waals surface area contributed by atoms with Crippen molar-refractivity contribution >= 4 is 16.7 Å². The molecule has 3 rings (SSSR count). The zero-order valence-corrected chi connectivity index (χ0v) is 9.81. The van der Waals surface area contributed by atoms with Gasteiger partial charge in [-0.3, -0.25) is 4.79 Å². The number of benzene rings is 1. The van der Waals surface area contributed by atoms with Crippen molar-refractivity contribution in [3.63, 3.8) is 0 Å². The van der Waals surface area contributed by atoms with Crippen LogP contribution in [0.25, 0.3) is 10.9 Å². The number of para-hydroxylation sites is 1. The van der Waals surface area contributed by atoms with Crippen molar-refractivity contribution in [2.24, 2.45) is 13.0 Å². The van der Waals surface area contributed by atoms with Crippen molar-refractivity contribution in [1.29, 1.82) is 0 Å². The first kappa shape index (κ1) is 10.5. The summed E-state index contributed by atoms with van der Waals surface area (Å²) < 4.78 is 2.11. The molecule has 0 spiro atoms. The predicted molar refractivity (Wildman–Crippen MR) is 66.1 cm³/mol. The Hall–Kier alpha value is -1.61. The van der Waals surface area contributed by atoms with Gasteiger partial charge in [0.25, 0.3) is 0 Å². The molecule has 1 N–H and O–H groups in total. The van der Waals surface area contributed by atoms with Crippen molar-refractivity contribution < 1.29 is 9.90 Å². The van der Waals surface area contributed by atoms with E-state index >= 15 is 0 Å². The fourth-order valence-corrected chi connectivity index (χ4v) is 2.83. The molecule has 1 atom stereocenters. The maximum Gasteiger partial charge on any atom is 0.170 e. The number of hydrogen-bond acceptors (Lipinski definition) is 2. The third kappa shape index (κ3) is 1.35. The van der Waals surface area contributed by atoms with Crippen LogP contribution in [0.1, 0.15) is 22.5 Å². The van der Waals surface area contributed by atoms with Crippen LogP contribution in [0, 0.1) is 5.92 Å². The van der Waals surface area contributed by atoms with Gasteiger partial charge < -0.3 is 9.67 Å². The third-order valence-electron chi connectivity index (χ3n) is 3.80. The summed E-state index contributed by atoms with van der Waals surface area (Å²) in [6.07, 6.45) is 1.63. The maximum atomic E-state index is 12.3.